The molecule has 1 N–H and O–H groups in total. The molecular formula is C26H27ClN4O2. The molecule has 3 heterocycles. The number of carbonyl (C=O) groups is 1. The SMILES string of the molecule is O=C(Nc1cccnc1)N1CCC2(CC1)CN(Cc1cccc(Oc3ccc(Cl)cc3)c1)C2. The first-order valence-corrected chi connectivity index (χ1v) is 11.7. The zero-order valence-electron chi connectivity index (χ0n) is 18.4. The molecule has 2 fully saturated rings. The number of urea groups is 1. The second kappa shape index (κ2) is 9.41. The van der Waals surface area contributed by atoms with Crippen molar-refractivity contribution in [2.75, 3.05) is 31.5 Å². The number of amides is 2. The quantitative estimate of drug-likeness (QED) is 0.531. The smallest absolute Gasteiger partial charge is 0.321 e. The largest absolute Gasteiger partial charge is 0.457 e. The normalized spacial score (nSPS) is 17.4. The van der Waals surface area contributed by atoms with E-state index in [2.05, 4.69) is 27.3 Å². The number of nitrogens with one attached hydrogen (secondary N) is 1. The summed E-state index contributed by atoms with van der Waals surface area (Å²) in [7, 11) is 0. The molecule has 5 rings (SSSR count). The molecule has 0 radical (unpaired) electrons. The predicted octanol–water partition coefficient (Wildman–Crippen LogP) is 5.66. The Kier molecular flexibility index (Phi) is 6.20. The Morgan fingerprint density at radius 1 is 1.03 bits per heavy atom. The Balaban J connectivity index is 1.10. The van der Waals surface area contributed by atoms with Gasteiger partial charge in [-0.1, -0.05) is 23.7 Å². The van der Waals surface area contributed by atoms with Crippen molar-refractivity contribution in [2.45, 2.75) is 19.4 Å². The van der Waals surface area contributed by atoms with Gasteiger partial charge in [-0.15, -0.1) is 0 Å². The van der Waals surface area contributed by atoms with Crippen molar-refractivity contribution in [1.82, 2.24) is 14.8 Å². The highest BCUT2D eigenvalue weighted by Gasteiger charge is 2.45. The van der Waals surface area contributed by atoms with Crippen LogP contribution in [-0.2, 0) is 6.54 Å². The number of rotatable bonds is 5. The maximum Gasteiger partial charge on any atom is 0.321 e. The molecule has 0 saturated carbocycles. The molecule has 0 aliphatic carbocycles. The summed E-state index contributed by atoms with van der Waals surface area (Å²) >= 11 is 5.95. The summed E-state index contributed by atoms with van der Waals surface area (Å²) in [6, 6.07) is 19.3. The molecule has 0 atom stereocenters. The van der Waals surface area contributed by atoms with Gasteiger partial charge in [-0.25, -0.2) is 4.79 Å². The van der Waals surface area contributed by atoms with Crippen molar-refractivity contribution in [3.05, 3.63) is 83.6 Å². The highest BCUT2D eigenvalue weighted by Crippen LogP contribution is 2.41. The van der Waals surface area contributed by atoms with E-state index in [-0.39, 0.29) is 6.03 Å². The van der Waals surface area contributed by atoms with Crippen LogP contribution in [0.4, 0.5) is 10.5 Å². The van der Waals surface area contributed by atoms with Gasteiger partial charge in [0, 0.05) is 43.9 Å². The van der Waals surface area contributed by atoms with Crippen molar-refractivity contribution < 1.29 is 9.53 Å². The average Bonchev–Trinajstić information content (AvgIpc) is 2.81. The highest BCUT2D eigenvalue weighted by molar-refractivity contribution is 6.30. The third kappa shape index (κ3) is 5.29. The van der Waals surface area contributed by atoms with Gasteiger partial charge in [0.1, 0.15) is 11.5 Å². The number of piperidine rings is 1. The first-order chi connectivity index (χ1) is 16.1. The molecule has 6 nitrogen and oxygen atoms in total. The Hall–Kier alpha value is -3.09. The van der Waals surface area contributed by atoms with E-state index in [4.69, 9.17) is 16.3 Å². The van der Waals surface area contributed by atoms with Gasteiger partial charge in [0.15, 0.2) is 0 Å². The molecular weight excluding hydrogens is 436 g/mol. The van der Waals surface area contributed by atoms with Crippen molar-refractivity contribution in [2.24, 2.45) is 5.41 Å². The molecule has 3 aromatic rings. The number of hydrogen-bond acceptors (Lipinski definition) is 4. The fraction of sp³-hybridized carbons (Fsp3) is 0.308. The lowest BCUT2D eigenvalue weighted by atomic mass is 9.72. The minimum absolute atomic E-state index is 0.0356. The van der Waals surface area contributed by atoms with Crippen LogP contribution in [0.2, 0.25) is 5.02 Å². The van der Waals surface area contributed by atoms with Gasteiger partial charge >= 0.3 is 6.03 Å². The molecule has 1 aromatic heterocycles. The van der Waals surface area contributed by atoms with Crippen molar-refractivity contribution >= 4 is 23.3 Å². The van der Waals surface area contributed by atoms with Crippen LogP contribution in [0.3, 0.4) is 0 Å². The number of pyridine rings is 1. The van der Waals surface area contributed by atoms with Crippen LogP contribution in [0, 0.1) is 5.41 Å². The molecule has 0 bridgehead atoms. The van der Waals surface area contributed by atoms with E-state index in [9.17, 15) is 4.79 Å². The Morgan fingerprint density at radius 2 is 1.82 bits per heavy atom. The fourth-order valence-electron chi connectivity index (χ4n) is 4.76. The number of carbonyl (C=O) groups excluding carboxylic acids is 1. The number of likely N-dealkylation sites (tertiary alicyclic amines) is 2. The summed E-state index contributed by atoms with van der Waals surface area (Å²) in [5.41, 5.74) is 2.31. The summed E-state index contributed by atoms with van der Waals surface area (Å²) in [6.07, 6.45) is 5.46. The minimum atomic E-state index is -0.0356. The van der Waals surface area contributed by atoms with Crippen LogP contribution in [0.1, 0.15) is 18.4 Å². The van der Waals surface area contributed by atoms with E-state index in [1.54, 1.807) is 12.4 Å². The lowest BCUT2D eigenvalue weighted by Crippen LogP contribution is -2.60. The number of hydrogen-bond donors (Lipinski definition) is 1. The van der Waals surface area contributed by atoms with Gasteiger partial charge < -0.3 is 15.0 Å². The third-order valence-corrected chi connectivity index (χ3v) is 6.75. The lowest BCUT2D eigenvalue weighted by molar-refractivity contribution is -0.0435. The Bertz CT molecular complexity index is 1090. The van der Waals surface area contributed by atoms with E-state index in [1.165, 1.54) is 5.56 Å². The van der Waals surface area contributed by atoms with Gasteiger partial charge in [-0.3, -0.25) is 9.88 Å². The number of nitrogens with zero attached hydrogens (tertiary/aromatic N) is 3. The van der Waals surface area contributed by atoms with Crippen LogP contribution < -0.4 is 10.1 Å². The third-order valence-electron chi connectivity index (χ3n) is 6.50. The maximum absolute atomic E-state index is 12.5. The molecule has 2 saturated heterocycles. The van der Waals surface area contributed by atoms with Gasteiger partial charge in [0.25, 0.3) is 0 Å². The number of halogens is 1. The lowest BCUT2D eigenvalue weighted by Gasteiger charge is -2.54. The molecule has 1 spiro atoms. The maximum atomic E-state index is 12.5. The standard InChI is InChI=1S/C26H27ClN4O2/c27-21-6-8-23(9-7-21)33-24-5-1-3-20(15-24)17-30-18-26(19-30)10-13-31(14-11-26)25(32)29-22-4-2-12-28-16-22/h1-9,12,15-16H,10-11,13-14,17-19H2,(H,29,32). The van der Waals surface area contributed by atoms with Crippen molar-refractivity contribution in [3.8, 4) is 11.5 Å². The summed E-state index contributed by atoms with van der Waals surface area (Å²) in [5, 5.41) is 3.63. The van der Waals surface area contributed by atoms with Gasteiger partial charge in [0.05, 0.1) is 11.9 Å². The van der Waals surface area contributed by atoms with Crippen LogP contribution >= 0.6 is 11.6 Å². The predicted molar refractivity (Wildman–Crippen MR) is 130 cm³/mol. The highest BCUT2D eigenvalue weighted by atomic mass is 35.5. The van der Waals surface area contributed by atoms with Crippen LogP contribution in [-0.4, -0.2) is 47.0 Å². The Morgan fingerprint density at radius 3 is 2.55 bits per heavy atom. The summed E-state index contributed by atoms with van der Waals surface area (Å²) < 4.78 is 5.97. The van der Waals surface area contributed by atoms with E-state index in [0.29, 0.717) is 10.4 Å². The monoisotopic (exact) mass is 462 g/mol. The molecule has 33 heavy (non-hydrogen) atoms. The average molecular weight is 463 g/mol. The number of anilines is 1. The van der Waals surface area contributed by atoms with Crippen LogP contribution in [0.25, 0.3) is 0 Å². The Labute approximate surface area is 199 Å². The van der Waals surface area contributed by atoms with E-state index < -0.39 is 0 Å². The first-order valence-electron chi connectivity index (χ1n) is 11.3. The number of ether oxygens (including phenoxy) is 1. The zero-order chi connectivity index (χ0) is 22.7. The number of aromatic nitrogens is 1. The van der Waals surface area contributed by atoms with Crippen molar-refractivity contribution in [3.63, 3.8) is 0 Å². The zero-order valence-corrected chi connectivity index (χ0v) is 19.2. The molecule has 2 aliphatic rings. The van der Waals surface area contributed by atoms with Gasteiger partial charge in [-0.05, 0) is 72.4 Å². The minimum Gasteiger partial charge on any atom is -0.457 e. The second-order valence-corrected chi connectivity index (χ2v) is 9.44. The van der Waals surface area contributed by atoms with Crippen LogP contribution in [0.5, 0.6) is 11.5 Å². The second-order valence-electron chi connectivity index (χ2n) is 9.01. The molecule has 2 aliphatic heterocycles. The summed E-state index contributed by atoms with van der Waals surface area (Å²) in [5.74, 6) is 1.61. The molecule has 2 aromatic carbocycles. The molecule has 0 unspecified atom stereocenters. The van der Waals surface area contributed by atoms with Crippen LogP contribution in [0.15, 0.2) is 73.1 Å². The van der Waals surface area contributed by atoms with E-state index >= 15 is 0 Å². The summed E-state index contributed by atoms with van der Waals surface area (Å²) in [6.45, 7) is 4.65. The van der Waals surface area contributed by atoms with Crippen molar-refractivity contribution in [1.29, 1.82) is 0 Å². The fourth-order valence-corrected chi connectivity index (χ4v) is 4.88. The van der Waals surface area contributed by atoms with Gasteiger partial charge in [-0.2, -0.15) is 0 Å². The molecule has 170 valence electrons. The molecule has 7 heteroatoms. The van der Waals surface area contributed by atoms with E-state index in [0.717, 1.165) is 62.8 Å². The summed E-state index contributed by atoms with van der Waals surface area (Å²) in [4.78, 5) is 21.0. The number of benzene rings is 2. The molecule has 2 amide bonds. The van der Waals surface area contributed by atoms with E-state index in [1.807, 2.05) is 53.4 Å². The first kappa shape index (κ1) is 21.7. The van der Waals surface area contributed by atoms with Gasteiger partial charge in [0.2, 0.25) is 0 Å². The topological polar surface area (TPSA) is 57.7 Å².